The maximum absolute atomic E-state index is 9.34. The predicted octanol–water partition coefficient (Wildman–Crippen LogP) is 3.59. The summed E-state index contributed by atoms with van der Waals surface area (Å²) in [5.74, 6) is 0. The molecule has 1 aromatic heterocycles. The van der Waals surface area contributed by atoms with E-state index in [-0.39, 0.29) is 0 Å². The molecule has 0 fully saturated rings. The highest BCUT2D eigenvalue weighted by molar-refractivity contribution is 5.88. The maximum Gasteiger partial charge on any atom is 0.121 e. The molecule has 96 valence electrons. The van der Waals surface area contributed by atoms with Gasteiger partial charge in [0.2, 0.25) is 0 Å². The van der Waals surface area contributed by atoms with Crippen LogP contribution in [0.25, 0.3) is 22.2 Å². The first-order chi connectivity index (χ1) is 9.22. The van der Waals surface area contributed by atoms with Crippen LogP contribution in [0.1, 0.15) is 6.92 Å². The number of aliphatic hydroxyl groups is 1. The van der Waals surface area contributed by atoms with E-state index in [1.807, 2.05) is 36.4 Å². The average Bonchev–Trinajstić information content (AvgIpc) is 2.82. The molecule has 19 heavy (non-hydrogen) atoms. The number of fused-ring (bicyclic) bond motifs is 1. The molecule has 0 aliphatic carbocycles. The monoisotopic (exact) mass is 252 g/mol. The van der Waals surface area contributed by atoms with Crippen LogP contribution in [0, 0.1) is 0 Å². The van der Waals surface area contributed by atoms with Gasteiger partial charge in [0.25, 0.3) is 0 Å². The largest absolute Gasteiger partial charge is 0.374 e. The molecule has 0 bridgehead atoms. The Hall–Kier alpha value is -2.26. The number of aliphatic hydroxyl groups excluding tert-OH is 1. The summed E-state index contributed by atoms with van der Waals surface area (Å²) < 4.78 is 0. The molecule has 3 aromatic rings. The number of nitrogens with one attached hydrogen (secondary N) is 2. The highest BCUT2D eigenvalue weighted by atomic mass is 16.3. The van der Waals surface area contributed by atoms with E-state index in [0.717, 1.165) is 22.3 Å². The van der Waals surface area contributed by atoms with Crippen molar-refractivity contribution in [2.24, 2.45) is 0 Å². The molecule has 2 aromatic carbocycles. The maximum atomic E-state index is 9.34. The SMILES string of the molecule is CC(O)Nc1ccc2[nH]c(-c3ccccc3)cc2c1. The van der Waals surface area contributed by atoms with Gasteiger partial charge >= 0.3 is 0 Å². The van der Waals surface area contributed by atoms with Crippen molar-refractivity contribution < 1.29 is 5.11 Å². The highest BCUT2D eigenvalue weighted by Crippen LogP contribution is 2.26. The van der Waals surface area contributed by atoms with Gasteiger partial charge in [-0.1, -0.05) is 30.3 Å². The van der Waals surface area contributed by atoms with Gasteiger partial charge in [0.15, 0.2) is 0 Å². The van der Waals surface area contributed by atoms with Gasteiger partial charge in [0.05, 0.1) is 0 Å². The molecule has 0 aliphatic rings. The minimum atomic E-state index is -0.551. The Kier molecular flexibility index (Phi) is 2.97. The molecular weight excluding hydrogens is 236 g/mol. The first-order valence-electron chi connectivity index (χ1n) is 6.35. The van der Waals surface area contributed by atoms with Crippen LogP contribution in [0.15, 0.2) is 54.6 Å². The zero-order valence-electron chi connectivity index (χ0n) is 10.7. The average molecular weight is 252 g/mol. The number of aromatic amines is 1. The quantitative estimate of drug-likeness (QED) is 0.624. The van der Waals surface area contributed by atoms with Crippen LogP contribution in [0.2, 0.25) is 0 Å². The minimum Gasteiger partial charge on any atom is -0.374 e. The van der Waals surface area contributed by atoms with Crippen molar-refractivity contribution in [3.63, 3.8) is 0 Å². The van der Waals surface area contributed by atoms with Crippen molar-refractivity contribution in [1.29, 1.82) is 0 Å². The second kappa shape index (κ2) is 4.78. The zero-order chi connectivity index (χ0) is 13.2. The molecule has 0 saturated carbocycles. The van der Waals surface area contributed by atoms with Crippen LogP contribution in [0.4, 0.5) is 5.69 Å². The predicted molar refractivity (Wildman–Crippen MR) is 79.0 cm³/mol. The number of aromatic nitrogens is 1. The Morgan fingerprint density at radius 3 is 2.58 bits per heavy atom. The van der Waals surface area contributed by atoms with E-state index < -0.39 is 6.23 Å². The first kappa shape index (κ1) is 11.8. The van der Waals surface area contributed by atoms with Crippen LogP contribution in [0.3, 0.4) is 0 Å². The Morgan fingerprint density at radius 2 is 1.84 bits per heavy atom. The summed E-state index contributed by atoms with van der Waals surface area (Å²) in [7, 11) is 0. The molecule has 1 heterocycles. The van der Waals surface area contributed by atoms with E-state index in [1.54, 1.807) is 6.92 Å². The fraction of sp³-hybridized carbons (Fsp3) is 0.125. The topological polar surface area (TPSA) is 48.0 Å². The normalized spacial score (nSPS) is 12.5. The third kappa shape index (κ3) is 2.46. The number of hydrogen-bond acceptors (Lipinski definition) is 2. The van der Waals surface area contributed by atoms with E-state index in [1.165, 1.54) is 5.56 Å². The first-order valence-corrected chi connectivity index (χ1v) is 6.35. The molecule has 3 rings (SSSR count). The highest BCUT2D eigenvalue weighted by Gasteiger charge is 2.04. The summed E-state index contributed by atoms with van der Waals surface area (Å²) in [6.45, 7) is 1.71. The third-order valence-corrected chi connectivity index (χ3v) is 3.08. The lowest BCUT2D eigenvalue weighted by Gasteiger charge is -2.08. The molecular formula is C16H16N2O. The van der Waals surface area contributed by atoms with Gasteiger partial charge in [-0.3, -0.25) is 0 Å². The molecule has 3 N–H and O–H groups in total. The lowest BCUT2D eigenvalue weighted by molar-refractivity contribution is 0.224. The van der Waals surface area contributed by atoms with Crippen LogP contribution in [0.5, 0.6) is 0 Å². The smallest absolute Gasteiger partial charge is 0.121 e. The molecule has 0 saturated heterocycles. The van der Waals surface area contributed by atoms with Crippen LogP contribution in [-0.4, -0.2) is 16.3 Å². The van der Waals surface area contributed by atoms with Gasteiger partial charge in [0, 0.05) is 22.3 Å². The molecule has 0 spiro atoms. The Bertz CT molecular complexity index is 686. The van der Waals surface area contributed by atoms with Crippen LogP contribution < -0.4 is 5.32 Å². The summed E-state index contributed by atoms with van der Waals surface area (Å²) in [5.41, 5.74) is 4.28. The lowest BCUT2D eigenvalue weighted by atomic mass is 10.1. The van der Waals surface area contributed by atoms with E-state index in [9.17, 15) is 5.11 Å². The van der Waals surface area contributed by atoms with Gasteiger partial charge in [-0.25, -0.2) is 0 Å². The van der Waals surface area contributed by atoms with Crippen molar-refractivity contribution in [3.8, 4) is 11.3 Å². The molecule has 3 nitrogen and oxygen atoms in total. The summed E-state index contributed by atoms with van der Waals surface area (Å²) in [6.07, 6.45) is -0.551. The Labute approximate surface area is 111 Å². The minimum absolute atomic E-state index is 0.551. The van der Waals surface area contributed by atoms with Gasteiger partial charge in [0.1, 0.15) is 6.23 Å². The van der Waals surface area contributed by atoms with E-state index >= 15 is 0 Å². The van der Waals surface area contributed by atoms with E-state index in [2.05, 4.69) is 28.5 Å². The second-order valence-electron chi connectivity index (χ2n) is 4.67. The van der Waals surface area contributed by atoms with Crippen molar-refractivity contribution in [2.45, 2.75) is 13.2 Å². The van der Waals surface area contributed by atoms with E-state index in [4.69, 9.17) is 0 Å². The molecule has 0 aliphatic heterocycles. The second-order valence-corrected chi connectivity index (χ2v) is 4.67. The molecule has 3 heteroatoms. The number of rotatable bonds is 3. The standard InChI is InChI=1S/C16H16N2O/c1-11(19)17-14-7-8-15-13(9-14)10-16(18-15)12-5-3-2-4-6-12/h2-11,17-19H,1H3. The lowest BCUT2D eigenvalue weighted by Crippen LogP contribution is -2.12. The number of H-pyrrole nitrogens is 1. The molecule has 1 atom stereocenters. The summed E-state index contributed by atoms with van der Waals surface area (Å²) in [4.78, 5) is 3.40. The van der Waals surface area contributed by atoms with Crippen molar-refractivity contribution in [1.82, 2.24) is 4.98 Å². The van der Waals surface area contributed by atoms with Crippen molar-refractivity contribution in [2.75, 3.05) is 5.32 Å². The molecule has 0 radical (unpaired) electrons. The Morgan fingerprint density at radius 1 is 1.05 bits per heavy atom. The molecule has 1 unspecified atom stereocenters. The third-order valence-electron chi connectivity index (χ3n) is 3.08. The van der Waals surface area contributed by atoms with Gasteiger partial charge in [-0.15, -0.1) is 0 Å². The summed E-state index contributed by atoms with van der Waals surface area (Å²) in [6, 6.07) is 18.4. The summed E-state index contributed by atoms with van der Waals surface area (Å²) in [5, 5.41) is 13.5. The number of anilines is 1. The van der Waals surface area contributed by atoms with E-state index in [0.29, 0.717) is 0 Å². The van der Waals surface area contributed by atoms with Gasteiger partial charge in [-0.05, 0) is 36.8 Å². The van der Waals surface area contributed by atoms with Crippen LogP contribution in [-0.2, 0) is 0 Å². The number of benzene rings is 2. The zero-order valence-corrected chi connectivity index (χ0v) is 10.7. The van der Waals surface area contributed by atoms with Gasteiger partial charge in [-0.2, -0.15) is 0 Å². The number of hydrogen-bond donors (Lipinski definition) is 3. The van der Waals surface area contributed by atoms with Crippen molar-refractivity contribution in [3.05, 3.63) is 54.6 Å². The fourth-order valence-electron chi connectivity index (χ4n) is 2.24. The van der Waals surface area contributed by atoms with Gasteiger partial charge < -0.3 is 15.4 Å². The fourth-order valence-corrected chi connectivity index (χ4v) is 2.24. The Balaban J connectivity index is 2.01. The molecule has 0 amide bonds. The summed E-state index contributed by atoms with van der Waals surface area (Å²) >= 11 is 0. The van der Waals surface area contributed by atoms with Crippen LogP contribution >= 0.6 is 0 Å². The van der Waals surface area contributed by atoms with Crippen molar-refractivity contribution >= 4 is 16.6 Å².